The third-order valence-electron chi connectivity index (χ3n) is 3.02. The standard InChI is InChI=1S/C16H11FN2O/c17-19(16(20)13-6-2-1-3-7-13)14-10-4-8-12-9-5-11-18-15(12)14/h1-11H. The van der Waals surface area contributed by atoms with E-state index in [-0.39, 0.29) is 10.8 Å². The summed E-state index contributed by atoms with van der Waals surface area (Å²) >= 11 is 0. The summed E-state index contributed by atoms with van der Waals surface area (Å²) in [5, 5.41) is 0.929. The van der Waals surface area contributed by atoms with Gasteiger partial charge in [-0.25, -0.2) is 0 Å². The summed E-state index contributed by atoms with van der Waals surface area (Å²) in [5.41, 5.74) is 0.904. The van der Waals surface area contributed by atoms with Gasteiger partial charge in [0.25, 0.3) is 5.91 Å². The van der Waals surface area contributed by atoms with Crippen LogP contribution < -0.4 is 5.12 Å². The number of carbonyl (C=O) groups excluding carboxylic acids is 1. The van der Waals surface area contributed by atoms with Gasteiger partial charge in [-0.05, 0) is 24.3 Å². The normalized spacial score (nSPS) is 10.4. The molecule has 0 saturated heterocycles. The second-order valence-electron chi connectivity index (χ2n) is 4.30. The van der Waals surface area contributed by atoms with E-state index >= 15 is 0 Å². The summed E-state index contributed by atoms with van der Waals surface area (Å²) in [5.74, 6) is -0.705. The Morgan fingerprint density at radius 1 is 0.950 bits per heavy atom. The van der Waals surface area contributed by atoms with E-state index in [4.69, 9.17) is 0 Å². The highest BCUT2D eigenvalue weighted by Crippen LogP contribution is 2.26. The maximum Gasteiger partial charge on any atom is 0.286 e. The van der Waals surface area contributed by atoms with Gasteiger partial charge in [0.05, 0.1) is 5.52 Å². The molecule has 0 aliphatic heterocycles. The Morgan fingerprint density at radius 3 is 2.50 bits per heavy atom. The molecule has 1 amide bonds. The third kappa shape index (κ3) is 2.12. The Kier molecular flexibility index (Phi) is 3.13. The fourth-order valence-electron chi connectivity index (χ4n) is 2.05. The van der Waals surface area contributed by atoms with Gasteiger partial charge in [-0.2, -0.15) is 0 Å². The molecule has 0 N–H and O–H groups in total. The number of benzene rings is 2. The van der Waals surface area contributed by atoms with Crippen LogP contribution in [-0.2, 0) is 0 Å². The minimum Gasteiger partial charge on any atom is -0.266 e. The Balaban J connectivity index is 2.05. The van der Waals surface area contributed by atoms with E-state index in [9.17, 15) is 9.28 Å². The van der Waals surface area contributed by atoms with Crippen LogP contribution in [0.1, 0.15) is 10.4 Å². The molecule has 0 saturated carbocycles. The lowest BCUT2D eigenvalue weighted by molar-refractivity contribution is 0.0932. The molecule has 1 aromatic heterocycles. The SMILES string of the molecule is O=C(c1ccccc1)N(F)c1cccc2cccnc12. The van der Waals surface area contributed by atoms with Gasteiger partial charge in [-0.3, -0.25) is 9.78 Å². The number of hydrogen-bond acceptors (Lipinski definition) is 2. The molecular weight excluding hydrogens is 255 g/mol. The fourth-order valence-corrected chi connectivity index (χ4v) is 2.05. The van der Waals surface area contributed by atoms with Crippen molar-refractivity contribution in [2.75, 3.05) is 5.12 Å². The molecule has 2 aromatic carbocycles. The molecule has 3 nitrogen and oxygen atoms in total. The number of fused-ring (bicyclic) bond motifs is 1. The number of rotatable bonds is 2. The van der Waals surface area contributed by atoms with E-state index in [1.165, 1.54) is 6.07 Å². The second-order valence-corrected chi connectivity index (χ2v) is 4.30. The Hall–Kier alpha value is -2.75. The number of hydrogen-bond donors (Lipinski definition) is 0. The van der Waals surface area contributed by atoms with Crippen molar-refractivity contribution in [1.82, 2.24) is 4.98 Å². The molecule has 20 heavy (non-hydrogen) atoms. The van der Waals surface area contributed by atoms with E-state index < -0.39 is 5.91 Å². The first-order valence-corrected chi connectivity index (χ1v) is 6.16. The van der Waals surface area contributed by atoms with Gasteiger partial charge in [0.2, 0.25) is 0 Å². The summed E-state index contributed by atoms with van der Waals surface area (Å²) in [4.78, 5) is 16.3. The number of anilines is 1. The first kappa shape index (κ1) is 12.3. The molecule has 0 atom stereocenters. The van der Waals surface area contributed by atoms with E-state index in [2.05, 4.69) is 4.98 Å². The zero-order valence-electron chi connectivity index (χ0n) is 10.5. The lowest BCUT2D eigenvalue weighted by Crippen LogP contribution is -2.22. The highest BCUT2D eigenvalue weighted by molar-refractivity contribution is 6.08. The quantitative estimate of drug-likeness (QED) is 0.661. The Bertz CT molecular complexity index is 753. The third-order valence-corrected chi connectivity index (χ3v) is 3.02. The highest BCUT2D eigenvalue weighted by atomic mass is 19.2. The number of amides is 1. The van der Waals surface area contributed by atoms with Crippen LogP contribution in [0.5, 0.6) is 0 Å². The van der Waals surface area contributed by atoms with E-state index in [1.54, 1.807) is 48.7 Å². The van der Waals surface area contributed by atoms with Crippen molar-refractivity contribution in [1.29, 1.82) is 0 Å². The van der Waals surface area contributed by atoms with Crippen LogP contribution >= 0.6 is 0 Å². The van der Waals surface area contributed by atoms with Crippen LogP contribution in [0.4, 0.5) is 10.2 Å². The maximum atomic E-state index is 14.4. The van der Waals surface area contributed by atoms with Crippen molar-refractivity contribution in [2.24, 2.45) is 0 Å². The smallest absolute Gasteiger partial charge is 0.266 e. The summed E-state index contributed by atoms with van der Waals surface area (Å²) in [6, 6.07) is 17.0. The summed E-state index contributed by atoms with van der Waals surface area (Å²) in [6.07, 6.45) is 1.58. The summed E-state index contributed by atoms with van der Waals surface area (Å²) in [6.45, 7) is 0. The number of aromatic nitrogens is 1. The molecule has 0 aliphatic rings. The van der Waals surface area contributed by atoms with Crippen molar-refractivity contribution in [3.05, 3.63) is 72.4 Å². The van der Waals surface area contributed by atoms with Crippen LogP contribution in [0.2, 0.25) is 0 Å². The van der Waals surface area contributed by atoms with Crippen molar-refractivity contribution in [2.45, 2.75) is 0 Å². The molecule has 0 radical (unpaired) electrons. The molecule has 0 unspecified atom stereocenters. The lowest BCUT2D eigenvalue weighted by Gasteiger charge is -2.13. The zero-order chi connectivity index (χ0) is 13.9. The topological polar surface area (TPSA) is 33.2 Å². The summed E-state index contributed by atoms with van der Waals surface area (Å²) in [7, 11) is 0. The van der Waals surface area contributed by atoms with Gasteiger partial charge >= 0.3 is 0 Å². The molecule has 0 fully saturated rings. The van der Waals surface area contributed by atoms with Crippen LogP contribution in [0, 0.1) is 0 Å². The molecule has 3 aromatic rings. The van der Waals surface area contributed by atoms with Crippen LogP contribution in [0.3, 0.4) is 0 Å². The molecule has 0 spiro atoms. The minimum absolute atomic E-state index is 0.144. The molecule has 0 bridgehead atoms. The fraction of sp³-hybridized carbons (Fsp3) is 0. The Morgan fingerprint density at radius 2 is 1.70 bits per heavy atom. The predicted octanol–water partition coefficient (Wildman–Crippen LogP) is 3.77. The molecule has 1 heterocycles. The summed E-state index contributed by atoms with van der Waals surface area (Å²) < 4.78 is 14.4. The van der Waals surface area contributed by atoms with E-state index in [1.807, 2.05) is 12.1 Å². The number of pyridine rings is 1. The zero-order valence-corrected chi connectivity index (χ0v) is 10.5. The number of para-hydroxylation sites is 1. The van der Waals surface area contributed by atoms with E-state index in [0.717, 1.165) is 5.39 Å². The Labute approximate surface area is 115 Å². The van der Waals surface area contributed by atoms with Gasteiger partial charge in [0.1, 0.15) is 5.69 Å². The first-order chi connectivity index (χ1) is 9.77. The molecule has 3 rings (SSSR count). The monoisotopic (exact) mass is 266 g/mol. The van der Waals surface area contributed by atoms with Crippen molar-refractivity contribution < 1.29 is 9.28 Å². The van der Waals surface area contributed by atoms with Crippen molar-refractivity contribution >= 4 is 22.5 Å². The number of carbonyl (C=O) groups is 1. The molecule has 4 heteroatoms. The highest BCUT2D eigenvalue weighted by Gasteiger charge is 2.19. The lowest BCUT2D eigenvalue weighted by atomic mass is 10.1. The second kappa shape index (κ2) is 5.09. The maximum absolute atomic E-state index is 14.4. The van der Waals surface area contributed by atoms with Gasteiger partial charge in [0.15, 0.2) is 0 Å². The van der Waals surface area contributed by atoms with Gasteiger partial charge < -0.3 is 0 Å². The van der Waals surface area contributed by atoms with E-state index in [0.29, 0.717) is 11.1 Å². The van der Waals surface area contributed by atoms with Gasteiger partial charge in [-0.1, -0.05) is 40.9 Å². The largest absolute Gasteiger partial charge is 0.286 e. The van der Waals surface area contributed by atoms with Crippen molar-refractivity contribution in [3.8, 4) is 0 Å². The van der Waals surface area contributed by atoms with Crippen LogP contribution in [-0.4, -0.2) is 10.9 Å². The van der Waals surface area contributed by atoms with Crippen LogP contribution in [0.25, 0.3) is 10.9 Å². The molecular formula is C16H11FN2O. The number of halogens is 1. The average molecular weight is 266 g/mol. The van der Waals surface area contributed by atoms with Gasteiger partial charge in [-0.15, -0.1) is 5.12 Å². The van der Waals surface area contributed by atoms with Gasteiger partial charge in [0, 0.05) is 17.1 Å². The first-order valence-electron chi connectivity index (χ1n) is 6.16. The number of nitrogens with zero attached hydrogens (tertiary/aromatic N) is 2. The molecule has 0 aliphatic carbocycles. The average Bonchev–Trinajstić information content (AvgIpc) is 2.54. The minimum atomic E-state index is -0.705. The van der Waals surface area contributed by atoms with Crippen molar-refractivity contribution in [3.63, 3.8) is 0 Å². The molecule has 98 valence electrons. The predicted molar refractivity (Wildman–Crippen MR) is 76.1 cm³/mol. The van der Waals surface area contributed by atoms with Crippen LogP contribution in [0.15, 0.2) is 66.9 Å².